The molecule has 0 atom stereocenters. The minimum absolute atomic E-state index is 0.0374. The zero-order valence-corrected chi connectivity index (χ0v) is 46.8. The third kappa shape index (κ3) is 51.7. The van der Waals surface area contributed by atoms with Crippen LogP contribution in [0.1, 0.15) is 310 Å². The van der Waals surface area contributed by atoms with Crippen molar-refractivity contribution in [3.05, 3.63) is 0 Å². The van der Waals surface area contributed by atoms with E-state index in [0.717, 1.165) is 57.8 Å². The summed E-state index contributed by atoms with van der Waals surface area (Å²) in [7, 11) is 0. The number of amides is 3. The summed E-state index contributed by atoms with van der Waals surface area (Å²) in [5.74, 6) is -2.73. The molecule has 0 radical (unpaired) electrons. The number of carbonyl (C=O) groups excluding carboxylic acids is 6. The first kappa shape index (κ1) is 67.4. The van der Waals surface area contributed by atoms with E-state index in [9.17, 15) is 28.8 Å². The van der Waals surface area contributed by atoms with Crippen molar-refractivity contribution in [3.8, 4) is 0 Å². The van der Waals surface area contributed by atoms with Gasteiger partial charge in [-0.2, -0.15) is 0 Å². The molecule has 0 fully saturated rings. The zero-order valence-electron chi connectivity index (χ0n) is 45.7. The van der Waals surface area contributed by atoms with Crippen LogP contribution < -0.4 is 16.0 Å². The third-order valence-electron chi connectivity index (χ3n) is 13.2. The van der Waals surface area contributed by atoms with Crippen LogP contribution in [0, 0.1) is 0 Å². The van der Waals surface area contributed by atoms with Crippen LogP contribution in [0.4, 0.5) is 0 Å². The van der Waals surface area contributed by atoms with Crippen LogP contribution in [0.15, 0.2) is 0 Å². The molecule has 0 aromatic rings. The molecule has 0 heterocycles. The lowest BCUT2D eigenvalue weighted by molar-refractivity contribution is -0.147. The van der Waals surface area contributed by atoms with Crippen molar-refractivity contribution in [2.45, 2.75) is 310 Å². The summed E-state index contributed by atoms with van der Waals surface area (Å²) in [6, 6.07) is 0. The first-order valence-electron chi connectivity index (χ1n) is 29.6. The molecule has 12 nitrogen and oxygen atoms in total. The van der Waals surface area contributed by atoms with Gasteiger partial charge in [-0.1, -0.05) is 252 Å². The van der Waals surface area contributed by atoms with Crippen LogP contribution in [-0.4, -0.2) is 70.4 Å². The minimum Gasteiger partial charge on any atom is -0.551 e. The summed E-state index contributed by atoms with van der Waals surface area (Å²) in [5.41, 5.74) is 0. The zero-order chi connectivity index (χ0) is 51.2. The molecular weight excluding hydrogens is 898 g/mol. The maximum absolute atomic E-state index is 12.8. The van der Waals surface area contributed by atoms with Gasteiger partial charge in [0.1, 0.15) is 0 Å². The number of hydrogen-bond donors (Lipinski definition) is 3. The Kier molecular flexibility index (Phi) is 52.1. The molecule has 0 rings (SSSR count). The predicted molar refractivity (Wildman–Crippen MR) is 288 cm³/mol. The smallest absolute Gasteiger partial charge is 0.551 e. The van der Waals surface area contributed by atoms with Gasteiger partial charge in [0.25, 0.3) is 17.9 Å². The first-order chi connectivity index (χ1) is 34.2. The van der Waals surface area contributed by atoms with Gasteiger partial charge < -0.3 is 27.3 Å². The minimum atomic E-state index is -3.63. The molecule has 0 bridgehead atoms. The normalized spacial score (nSPS) is 11.0. The Hall–Kier alpha value is -2.65. The van der Waals surface area contributed by atoms with E-state index in [1.807, 2.05) is 0 Å². The largest absolute Gasteiger partial charge is 1.20 e. The van der Waals surface area contributed by atoms with E-state index in [1.54, 1.807) is 0 Å². The van der Waals surface area contributed by atoms with Crippen LogP contribution in [-0.2, 0) is 40.1 Å². The Balaban J connectivity index is 4.57. The molecule has 0 unspecified atom stereocenters. The Morgan fingerprint density at radius 2 is 0.429 bits per heavy atom. The van der Waals surface area contributed by atoms with Crippen LogP contribution in [0.5, 0.6) is 0 Å². The number of unbranched alkanes of at least 4 members (excludes halogenated alkanes) is 36. The number of rotatable bonds is 54. The molecule has 0 aliphatic heterocycles. The van der Waals surface area contributed by atoms with Gasteiger partial charge in [-0.3, -0.25) is 28.8 Å². The lowest BCUT2D eigenvalue weighted by atomic mass is 10.0. The van der Waals surface area contributed by atoms with Crippen molar-refractivity contribution in [2.24, 2.45) is 0 Å². The summed E-state index contributed by atoms with van der Waals surface area (Å²) >= 11 is -3.63. The van der Waals surface area contributed by atoms with Crippen LogP contribution in [0.25, 0.3) is 0 Å². The molecule has 0 aromatic heterocycles. The van der Waals surface area contributed by atoms with E-state index in [2.05, 4.69) is 36.7 Å². The second-order valence-corrected chi connectivity index (χ2v) is 21.3. The third-order valence-corrected chi connectivity index (χ3v) is 14.5. The second kappa shape index (κ2) is 54.1. The van der Waals surface area contributed by atoms with E-state index in [1.165, 1.54) is 193 Å². The van der Waals surface area contributed by atoms with Crippen molar-refractivity contribution in [3.63, 3.8) is 0 Å². The summed E-state index contributed by atoms with van der Waals surface area (Å²) in [6.07, 6.45) is 48.3. The molecule has 3 N–H and O–H groups in total. The molecule has 408 valence electrons. The summed E-state index contributed by atoms with van der Waals surface area (Å²) in [4.78, 5) is 75.6. The lowest BCUT2D eigenvalue weighted by Crippen LogP contribution is -2.37. The Labute approximate surface area is 434 Å². The van der Waals surface area contributed by atoms with Gasteiger partial charge >= 0.3 is 15.1 Å². The SMILES string of the molecule is CCCCCCCCCCCCCCCC(=O)NCCC(=O)[O][Al]([O]C(=O)CCNC(=O)CCCCCCCCCCCCCCC)[O]C(=O)CCNC(=O)CCCCCCCCCCCCCCC. The molecule has 0 aliphatic carbocycles. The number of carbonyl (C=O) groups is 6. The Bertz CT molecular complexity index is 1110. The van der Waals surface area contributed by atoms with Gasteiger partial charge in [0.15, 0.2) is 0 Å². The topological polar surface area (TPSA) is 166 Å². The highest BCUT2D eigenvalue weighted by molar-refractivity contribution is 6.44. The summed E-state index contributed by atoms with van der Waals surface area (Å²) in [6.45, 7) is 6.85. The summed E-state index contributed by atoms with van der Waals surface area (Å²) in [5, 5.41) is 8.25. The van der Waals surface area contributed by atoms with E-state index in [0.29, 0.717) is 19.3 Å². The van der Waals surface area contributed by atoms with E-state index < -0.39 is 33.1 Å². The Morgan fingerprint density at radius 3 is 0.614 bits per heavy atom. The van der Waals surface area contributed by atoms with Crippen molar-refractivity contribution in [1.29, 1.82) is 0 Å². The predicted octanol–water partition coefficient (Wildman–Crippen LogP) is 14.6. The van der Waals surface area contributed by atoms with Crippen LogP contribution in [0.2, 0.25) is 0 Å². The van der Waals surface area contributed by atoms with E-state index in [-0.39, 0.29) is 56.6 Å². The van der Waals surface area contributed by atoms with Gasteiger partial charge in [0, 0.05) is 38.9 Å². The molecule has 0 saturated carbocycles. The van der Waals surface area contributed by atoms with Crippen molar-refractivity contribution >= 4 is 50.8 Å². The quantitative estimate of drug-likeness (QED) is 0.0397. The average Bonchev–Trinajstić information content (AvgIpc) is 3.33. The van der Waals surface area contributed by atoms with Crippen molar-refractivity contribution < 1.29 is 40.1 Å². The first-order valence-corrected chi connectivity index (χ1v) is 31.0. The van der Waals surface area contributed by atoms with E-state index >= 15 is 0 Å². The van der Waals surface area contributed by atoms with Gasteiger partial charge in [-0.15, -0.1) is 0 Å². The molecule has 0 saturated heterocycles. The standard InChI is InChI=1S/3C19H37NO3.Al/c3*1-2-3-4-5-6-7-8-9-10-11-12-13-14-15-18(21)20-17-16-19(22)23;/h3*2-17H2,1H3,(H,20,21)(H,22,23);/q;;;+3/p-3. The molecule has 0 aromatic carbocycles. The highest BCUT2D eigenvalue weighted by Crippen LogP contribution is 2.16. The van der Waals surface area contributed by atoms with Crippen molar-refractivity contribution in [1.82, 2.24) is 16.0 Å². The fraction of sp³-hybridized carbons (Fsp3) is 0.895. The highest BCUT2D eigenvalue weighted by atomic mass is 27.3. The molecular formula is C57H108AlN3O9. The average molecular weight is 1010 g/mol. The Morgan fingerprint density at radius 1 is 0.257 bits per heavy atom. The van der Waals surface area contributed by atoms with Crippen LogP contribution >= 0.6 is 0 Å². The monoisotopic (exact) mass is 1010 g/mol. The maximum Gasteiger partial charge on any atom is 1.20 e. The molecule has 0 aliphatic rings. The van der Waals surface area contributed by atoms with Gasteiger partial charge in [-0.05, 0) is 19.3 Å². The molecule has 3 amide bonds. The molecule has 0 spiro atoms. The van der Waals surface area contributed by atoms with Gasteiger partial charge in [-0.25, -0.2) is 0 Å². The second-order valence-electron chi connectivity index (χ2n) is 20.0. The van der Waals surface area contributed by atoms with Gasteiger partial charge in [0.2, 0.25) is 17.7 Å². The molecule has 70 heavy (non-hydrogen) atoms. The fourth-order valence-corrected chi connectivity index (χ4v) is 9.80. The molecule has 13 heteroatoms. The number of hydrogen-bond acceptors (Lipinski definition) is 9. The number of nitrogens with one attached hydrogen (secondary N) is 3. The van der Waals surface area contributed by atoms with Gasteiger partial charge in [0.05, 0.1) is 19.3 Å². The van der Waals surface area contributed by atoms with Crippen molar-refractivity contribution in [2.75, 3.05) is 19.6 Å². The lowest BCUT2D eigenvalue weighted by Gasteiger charge is -2.14. The summed E-state index contributed by atoms with van der Waals surface area (Å²) < 4.78 is 16.1. The van der Waals surface area contributed by atoms with Crippen LogP contribution in [0.3, 0.4) is 0 Å². The maximum atomic E-state index is 12.8. The highest BCUT2D eigenvalue weighted by Gasteiger charge is 2.48. The van der Waals surface area contributed by atoms with E-state index in [4.69, 9.17) is 11.4 Å². The fourth-order valence-electron chi connectivity index (χ4n) is 8.66.